The van der Waals surface area contributed by atoms with Crippen LogP contribution in [0.15, 0.2) is 100 Å². The fourth-order valence-electron chi connectivity index (χ4n) is 4.27. The van der Waals surface area contributed by atoms with Crippen LogP contribution in [-0.4, -0.2) is 25.5 Å². The predicted molar refractivity (Wildman–Crippen MR) is 151 cm³/mol. The number of nitrogens with one attached hydrogen (secondary N) is 2. The summed E-state index contributed by atoms with van der Waals surface area (Å²) in [6.07, 6.45) is 0. The number of benzene rings is 4. The van der Waals surface area contributed by atoms with E-state index in [1.54, 1.807) is 24.3 Å². The summed E-state index contributed by atoms with van der Waals surface area (Å²) in [5, 5.41) is 5.09. The summed E-state index contributed by atoms with van der Waals surface area (Å²) in [6, 6.07) is 26.8. The van der Waals surface area contributed by atoms with Crippen LogP contribution in [0.3, 0.4) is 0 Å². The summed E-state index contributed by atoms with van der Waals surface area (Å²) in [5.41, 5.74) is 3.41. The van der Waals surface area contributed by atoms with E-state index in [1.165, 1.54) is 24.3 Å². The molecule has 1 aromatic heterocycles. The third kappa shape index (κ3) is 5.33. The number of anilines is 2. The van der Waals surface area contributed by atoms with E-state index in [4.69, 9.17) is 4.74 Å². The van der Waals surface area contributed by atoms with Gasteiger partial charge in [0.2, 0.25) is 0 Å². The van der Waals surface area contributed by atoms with E-state index < -0.39 is 10.0 Å². The second-order valence-corrected chi connectivity index (χ2v) is 11.0. The maximum atomic E-state index is 12.6. The number of nitrogens with zero attached hydrogens (tertiary/aromatic N) is 1. The minimum Gasteiger partial charge on any atom is -0.484 e. The molecule has 37 heavy (non-hydrogen) atoms. The Morgan fingerprint density at radius 2 is 1.54 bits per heavy atom. The molecular weight excluding hydrogens is 554 g/mol. The van der Waals surface area contributed by atoms with Crippen LogP contribution in [-0.2, 0) is 21.4 Å². The van der Waals surface area contributed by atoms with Crippen LogP contribution in [0.4, 0.5) is 11.4 Å². The van der Waals surface area contributed by atoms with E-state index in [0.29, 0.717) is 17.1 Å². The zero-order chi connectivity index (χ0) is 26.0. The van der Waals surface area contributed by atoms with Crippen molar-refractivity contribution in [1.82, 2.24) is 4.57 Å². The summed E-state index contributed by atoms with van der Waals surface area (Å²) in [7, 11) is -3.75. The number of aromatic nitrogens is 1. The Bertz CT molecular complexity index is 1700. The Morgan fingerprint density at radius 1 is 0.865 bits per heavy atom. The van der Waals surface area contributed by atoms with Crippen LogP contribution in [0, 0.1) is 0 Å². The molecule has 0 fully saturated rings. The maximum absolute atomic E-state index is 12.6. The maximum Gasteiger partial charge on any atom is 0.262 e. The first-order valence-corrected chi connectivity index (χ1v) is 13.9. The zero-order valence-electron chi connectivity index (χ0n) is 19.9. The molecule has 0 aliphatic rings. The summed E-state index contributed by atoms with van der Waals surface area (Å²) < 4.78 is 36.5. The first-order valence-electron chi connectivity index (χ1n) is 11.7. The fraction of sp³-hybridized carbons (Fsp3) is 0.107. The van der Waals surface area contributed by atoms with Crippen molar-refractivity contribution in [3.63, 3.8) is 0 Å². The van der Waals surface area contributed by atoms with Crippen molar-refractivity contribution in [2.75, 3.05) is 16.6 Å². The SMILES string of the molecule is CCn1c2ccccc2c2cc(NC(=O)COc3ccc(S(=O)(=O)Nc4ccc(Br)cc4)cc3)ccc21. The molecule has 9 heteroatoms. The number of hydrogen-bond donors (Lipinski definition) is 2. The number of amides is 1. The molecule has 0 unspecified atom stereocenters. The van der Waals surface area contributed by atoms with Gasteiger partial charge in [0, 0.05) is 44.2 Å². The predicted octanol–water partition coefficient (Wildman–Crippen LogP) is 6.40. The van der Waals surface area contributed by atoms with Gasteiger partial charge < -0.3 is 14.6 Å². The van der Waals surface area contributed by atoms with Crippen LogP contribution >= 0.6 is 15.9 Å². The van der Waals surface area contributed by atoms with Crippen LogP contribution < -0.4 is 14.8 Å². The van der Waals surface area contributed by atoms with E-state index in [1.807, 2.05) is 30.3 Å². The molecule has 188 valence electrons. The molecule has 0 saturated heterocycles. The summed E-state index contributed by atoms with van der Waals surface area (Å²) in [6.45, 7) is 2.75. The zero-order valence-corrected chi connectivity index (χ0v) is 22.3. The van der Waals surface area contributed by atoms with E-state index in [9.17, 15) is 13.2 Å². The normalized spacial score (nSPS) is 11.5. The van der Waals surface area contributed by atoms with E-state index in [0.717, 1.165) is 32.8 Å². The van der Waals surface area contributed by atoms with Gasteiger partial charge in [-0.1, -0.05) is 34.1 Å². The largest absolute Gasteiger partial charge is 0.484 e. The van der Waals surface area contributed by atoms with E-state index in [-0.39, 0.29) is 17.4 Å². The fourth-order valence-corrected chi connectivity index (χ4v) is 5.59. The monoisotopic (exact) mass is 577 g/mol. The number of carbonyl (C=O) groups excluding carboxylic acids is 1. The quantitative estimate of drug-likeness (QED) is 0.223. The molecule has 1 amide bonds. The lowest BCUT2D eigenvalue weighted by atomic mass is 10.1. The summed E-state index contributed by atoms with van der Waals surface area (Å²) >= 11 is 3.32. The molecule has 1 heterocycles. The number of aryl methyl sites for hydroxylation is 1. The Labute approximate surface area is 223 Å². The van der Waals surface area contributed by atoms with Gasteiger partial charge in [-0.2, -0.15) is 0 Å². The Morgan fingerprint density at radius 3 is 2.27 bits per heavy atom. The third-order valence-electron chi connectivity index (χ3n) is 5.97. The first-order chi connectivity index (χ1) is 17.8. The standard InChI is InChI=1S/C28H24BrN3O4S/c1-2-32-26-6-4-3-5-24(26)25-17-21(11-16-27(25)32)30-28(33)18-36-22-12-14-23(15-13-22)37(34,35)31-20-9-7-19(29)8-10-20/h3-17,31H,2,18H2,1H3,(H,30,33). The van der Waals surface area contributed by atoms with Crippen molar-refractivity contribution >= 4 is 65.0 Å². The highest BCUT2D eigenvalue weighted by Gasteiger charge is 2.15. The van der Waals surface area contributed by atoms with Crippen molar-refractivity contribution in [2.45, 2.75) is 18.4 Å². The average Bonchev–Trinajstić information content (AvgIpc) is 3.22. The summed E-state index contributed by atoms with van der Waals surface area (Å²) in [4.78, 5) is 12.6. The van der Waals surface area contributed by atoms with Crippen molar-refractivity contribution in [1.29, 1.82) is 0 Å². The molecule has 7 nitrogen and oxygen atoms in total. The van der Waals surface area contributed by atoms with Gasteiger partial charge in [-0.3, -0.25) is 9.52 Å². The molecule has 0 aliphatic carbocycles. The lowest BCUT2D eigenvalue weighted by Crippen LogP contribution is -2.20. The van der Waals surface area contributed by atoms with Gasteiger partial charge in [0.1, 0.15) is 5.75 Å². The van der Waals surface area contributed by atoms with E-state index >= 15 is 0 Å². The topological polar surface area (TPSA) is 89.4 Å². The third-order valence-corrected chi connectivity index (χ3v) is 7.90. The number of sulfonamides is 1. The number of fused-ring (bicyclic) bond motifs is 3. The minimum atomic E-state index is -3.75. The van der Waals surface area contributed by atoms with Crippen molar-refractivity contribution in [3.05, 3.63) is 95.5 Å². The lowest BCUT2D eigenvalue weighted by molar-refractivity contribution is -0.118. The van der Waals surface area contributed by atoms with Crippen LogP contribution in [0.2, 0.25) is 0 Å². The second-order valence-electron chi connectivity index (χ2n) is 8.41. The Hall–Kier alpha value is -3.82. The van der Waals surface area contributed by atoms with Gasteiger partial charge in [-0.15, -0.1) is 0 Å². The van der Waals surface area contributed by atoms with Gasteiger partial charge in [0.15, 0.2) is 6.61 Å². The lowest BCUT2D eigenvalue weighted by Gasteiger charge is -2.10. The smallest absolute Gasteiger partial charge is 0.262 e. The molecule has 0 bridgehead atoms. The molecule has 0 aliphatic heterocycles. The number of hydrogen-bond acceptors (Lipinski definition) is 4. The van der Waals surface area contributed by atoms with E-state index in [2.05, 4.69) is 49.6 Å². The molecule has 0 spiro atoms. The molecule has 0 radical (unpaired) electrons. The molecule has 4 aromatic carbocycles. The first kappa shape index (κ1) is 24.9. The highest BCUT2D eigenvalue weighted by Crippen LogP contribution is 2.31. The number of para-hydroxylation sites is 1. The van der Waals surface area contributed by atoms with Crippen LogP contribution in [0.1, 0.15) is 6.92 Å². The Balaban J connectivity index is 1.23. The average molecular weight is 578 g/mol. The van der Waals surface area contributed by atoms with Crippen LogP contribution in [0.5, 0.6) is 5.75 Å². The minimum absolute atomic E-state index is 0.0896. The summed E-state index contributed by atoms with van der Waals surface area (Å²) in [5.74, 6) is 0.0754. The molecule has 2 N–H and O–H groups in total. The molecule has 0 atom stereocenters. The van der Waals surface area contributed by atoms with Crippen LogP contribution in [0.25, 0.3) is 21.8 Å². The van der Waals surface area contributed by atoms with Gasteiger partial charge >= 0.3 is 0 Å². The number of halogens is 1. The molecule has 5 rings (SSSR count). The molecule has 5 aromatic rings. The van der Waals surface area contributed by atoms with Crippen molar-refractivity contribution < 1.29 is 17.9 Å². The number of ether oxygens (including phenoxy) is 1. The second kappa shape index (κ2) is 10.3. The molecule has 0 saturated carbocycles. The van der Waals surface area contributed by atoms with Gasteiger partial charge in [-0.05, 0) is 79.7 Å². The van der Waals surface area contributed by atoms with Gasteiger partial charge in [0.25, 0.3) is 15.9 Å². The van der Waals surface area contributed by atoms with Crippen molar-refractivity contribution in [3.8, 4) is 5.75 Å². The number of rotatable bonds is 8. The highest BCUT2D eigenvalue weighted by atomic mass is 79.9. The highest BCUT2D eigenvalue weighted by molar-refractivity contribution is 9.10. The Kier molecular flexibility index (Phi) is 6.90. The van der Waals surface area contributed by atoms with Gasteiger partial charge in [-0.25, -0.2) is 8.42 Å². The number of carbonyl (C=O) groups is 1. The molecular formula is C28H24BrN3O4S. The van der Waals surface area contributed by atoms with Crippen molar-refractivity contribution in [2.24, 2.45) is 0 Å². The van der Waals surface area contributed by atoms with Gasteiger partial charge in [0.05, 0.1) is 4.90 Å².